The Morgan fingerprint density at radius 3 is 2.67 bits per heavy atom. The zero-order valence-corrected chi connectivity index (χ0v) is 19.1. The summed E-state index contributed by atoms with van der Waals surface area (Å²) in [6, 6.07) is 12.8. The second kappa shape index (κ2) is 8.19. The number of ether oxygens (including phenoxy) is 2. The summed E-state index contributed by atoms with van der Waals surface area (Å²) in [7, 11) is 4.10. The van der Waals surface area contributed by atoms with Gasteiger partial charge in [-0.1, -0.05) is 12.1 Å². The van der Waals surface area contributed by atoms with E-state index < -0.39 is 0 Å². The molecule has 1 N–H and O–H groups in total. The van der Waals surface area contributed by atoms with Crippen molar-refractivity contribution in [2.45, 2.75) is 39.3 Å². The van der Waals surface area contributed by atoms with Gasteiger partial charge in [0.1, 0.15) is 5.60 Å². The van der Waals surface area contributed by atoms with Gasteiger partial charge in [0.15, 0.2) is 16.6 Å². The Morgan fingerprint density at radius 2 is 1.97 bits per heavy atom. The van der Waals surface area contributed by atoms with Crippen LogP contribution >= 0.6 is 11.3 Å². The number of hydrogen-bond donors (Lipinski definition) is 1. The first-order valence-corrected chi connectivity index (χ1v) is 11.2. The lowest BCUT2D eigenvalue weighted by Crippen LogP contribution is -2.24. The second-order valence-electron chi connectivity index (χ2n) is 8.39. The van der Waals surface area contributed by atoms with Crippen molar-refractivity contribution in [2.75, 3.05) is 30.9 Å². The molecule has 158 valence electrons. The van der Waals surface area contributed by atoms with Crippen LogP contribution in [0.1, 0.15) is 31.9 Å². The molecule has 0 amide bonds. The molecule has 1 aliphatic rings. The monoisotopic (exact) mass is 423 g/mol. The Bertz CT molecular complexity index is 1030. The highest BCUT2D eigenvalue weighted by Gasteiger charge is 2.33. The Labute approximate surface area is 182 Å². The normalized spacial score (nSPS) is 14.2. The van der Waals surface area contributed by atoms with E-state index in [-0.39, 0.29) is 5.60 Å². The summed E-state index contributed by atoms with van der Waals surface area (Å²) in [4.78, 5) is 6.91. The fraction of sp³-hybridized carbons (Fsp3) is 0.375. The summed E-state index contributed by atoms with van der Waals surface area (Å²) >= 11 is 1.62. The van der Waals surface area contributed by atoms with Gasteiger partial charge < -0.3 is 19.7 Å². The second-order valence-corrected chi connectivity index (χ2v) is 9.24. The Kier molecular flexibility index (Phi) is 5.60. The molecule has 0 unspecified atom stereocenters. The zero-order valence-electron chi connectivity index (χ0n) is 18.3. The number of benzene rings is 2. The molecule has 0 atom stereocenters. The van der Waals surface area contributed by atoms with Crippen molar-refractivity contribution in [3.63, 3.8) is 0 Å². The minimum absolute atomic E-state index is 0.205. The lowest BCUT2D eigenvalue weighted by Gasteiger charge is -2.18. The molecular formula is C24H29N3O2S. The van der Waals surface area contributed by atoms with E-state index in [4.69, 9.17) is 14.5 Å². The highest BCUT2D eigenvalue weighted by molar-refractivity contribution is 7.14. The Hall–Kier alpha value is -2.73. The number of fused-ring (bicyclic) bond motifs is 1. The highest BCUT2D eigenvalue weighted by Crippen LogP contribution is 2.45. The molecule has 0 saturated heterocycles. The van der Waals surface area contributed by atoms with E-state index in [1.165, 1.54) is 16.8 Å². The van der Waals surface area contributed by atoms with E-state index in [1.807, 2.05) is 27.1 Å². The molecule has 0 saturated carbocycles. The third-order valence-electron chi connectivity index (χ3n) is 5.12. The van der Waals surface area contributed by atoms with E-state index in [2.05, 4.69) is 59.8 Å². The lowest BCUT2D eigenvalue weighted by atomic mass is 9.99. The summed E-state index contributed by atoms with van der Waals surface area (Å²) in [6.45, 7) is 7.57. The van der Waals surface area contributed by atoms with E-state index in [9.17, 15) is 0 Å². The summed E-state index contributed by atoms with van der Waals surface area (Å²) in [5.74, 6) is 1.68. The van der Waals surface area contributed by atoms with Gasteiger partial charge in [-0.2, -0.15) is 0 Å². The maximum atomic E-state index is 6.13. The number of rotatable bonds is 7. The molecule has 1 aromatic heterocycles. The number of nitrogens with zero attached hydrogens (tertiary/aromatic N) is 2. The van der Waals surface area contributed by atoms with Crippen molar-refractivity contribution in [2.24, 2.45) is 0 Å². The molecule has 5 nitrogen and oxygen atoms in total. The number of anilines is 2. The summed E-state index contributed by atoms with van der Waals surface area (Å²) in [5.41, 5.74) is 5.43. The maximum absolute atomic E-state index is 6.13. The van der Waals surface area contributed by atoms with Crippen LogP contribution in [0.5, 0.6) is 11.5 Å². The average Bonchev–Trinajstić information content (AvgIpc) is 3.30. The van der Waals surface area contributed by atoms with Crippen LogP contribution in [0.25, 0.3) is 11.3 Å². The largest absolute Gasteiger partial charge is 0.490 e. The van der Waals surface area contributed by atoms with Gasteiger partial charge in [-0.15, -0.1) is 11.3 Å². The third kappa shape index (κ3) is 4.38. The molecule has 30 heavy (non-hydrogen) atoms. The third-order valence-corrected chi connectivity index (χ3v) is 5.92. The molecule has 0 fully saturated rings. The summed E-state index contributed by atoms with van der Waals surface area (Å²) < 4.78 is 12.0. The van der Waals surface area contributed by atoms with Crippen molar-refractivity contribution in [3.8, 4) is 22.8 Å². The molecule has 3 aromatic rings. The quantitative estimate of drug-likeness (QED) is 0.536. The van der Waals surface area contributed by atoms with Crippen molar-refractivity contribution in [1.29, 1.82) is 0 Å². The van der Waals surface area contributed by atoms with Crippen LogP contribution in [-0.4, -0.2) is 31.3 Å². The number of thiazole rings is 1. The van der Waals surface area contributed by atoms with Crippen LogP contribution in [0.2, 0.25) is 0 Å². The van der Waals surface area contributed by atoms with Gasteiger partial charge in [0.05, 0.1) is 12.3 Å². The number of hydrogen-bond acceptors (Lipinski definition) is 6. The first kappa shape index (κ1) is 20.5. The minimum atomic E-state index is -0.205. The highest BCUT2D eigenvalue weighted by atomic mass is 32.1. The molecule has 4 rings (SSSR count). The Balaban J connectivity index is 1.50. The SMILES string of the molecule is CCOc1cc(-c2csc(NCc3ccc(N(C)C)cc3)n2)cc2c1OC(C)(C)C2. The molecule has 6 heteroatoms. The van der Waals surface area contributed by atoms with Crippen LogP contribution in [0.4, 0.5) is 10.8 Å². The molecule has 0 bridgehead atoms. The Morgan fingerprint density at radius 1 is 1.20 bits per heavy atom. The van der Waals surface area contributed by atoms with Gasteiger partial charge in [-0.25, -0.2) is 4.98 Å². The standard InChI is InChI=1S/C24H29N3O2S/c1-6-28-21-12-17(11-18-13-24(2,3)29-22(18)21)20-15-30-23(26-20)25-14-16-7-9-19(10-8-16)27(4)5/h7-12,15H,6,13-14H2,1-5H3,(H,25,26). The van der Waals surface area contributed by atoms with Gasteiger partial charge in [0, 0.05) is 49.3 Å². The smallest absolute Gasteiger partial charge is 0.183 e. The predicted octanol–water partition coefficient (Wildman–Crippen LogP) is 5.60. The van der Waals surface area contributed by atoms with Gasteiger partial charge in [-0.05, 0) is 50.6 Å². The van der Waals surface area contributed by atoms with E-state index in [0.29, 0.717) is 6.61 Å². The van der Waals surface area contributed by atoms with E-state index in [1.54, 1.807) is 11.3 Å². The van der Waals surface area contributed by atoms with Crippen LogP contribution < -0.4 is 19.7 Å². The van der Waals surface area contributed by atoms with Crippen LogP contribution in [0, 0.1) is 0 Å². The van der Waals surface area contributed by atoms with Gasteiger partial charge in [0.2, 0.25) is 0 Å². The van der Waals surface area contributed by atoms with Gasteiger partial charge in [-0.3, -0.25) is 0 Å². The molecule has 2 heterocycles. The minimum Gasteiger partial charge on any atom is -0.490 e. The van der Waals surface area contributed by atoms with Gasteiger partial charge in [0.25, 0.3) is 0 Å². The first-order valence-electron chi connectivity index (χ1n) is 10.3. The fourth-order valence-corrected chi connectivity index (χ4v) is 4.38. The number of aromatic nitrogens is 1. The van der Waals surface area contributed by atoms with Gasteiger partial charge >= 0.3 is 0 Å². The fourth-order valence-electron chi connectivity index (χ4n) is 3.67. The average molecular weight is 424 g/mol. The molecular weight excluding hydrogens is 394 g/mol. The van der Waals surface area contributed by atoms with Crippen LogP contribution in [-0.2, 0) is 13.0 Å². The molecule has 1 aliphatic heterocycles. The summed E-state index contributed by atoms with van der Waals surface area (Å²) in [6.07, 6.45) is 0.869. The predicted molar refractivity (Wildman–Crippen MR) is 125 cm³/mol. The molecule has 0 radical (unpaired) electrons. The van der Waals surface area contributed by atoms with Crippen molar-refractivity contribution < 1.29 is 9.47 Å². The van der Waals surface area contributed by atoms with E-state index >= 15 is 0 Å². The van der Waals surface area contributed by atoms with Crippen molar-refractivity contribution in [1.82, 2.24) is 4.98 Å². The maximum Gasteiger partial charge on any atom is 0.183 e. The first-order chi connectivity index (χ1) is 14.3. The molecule has 2 aromatic carbocycles. The van der Waals surface area contributed by atoms with Crippen molar-refractivity contribution >= 4 is 22.2 Å². The molecule has 0 aliphatic carbocycles. The van der Waals surface area contributed by atoms with E-state index in [0.717, 1.165) is 40.9 Å². The lowest BCUT2D eigenvalue weighted by molar-refractivity contribution is 0.132. The summed E-state index contributed by atoms with van der Waals surface area (Å²) in [5, 5.41) is 6.45. The van der Waals surface area contributed by atoms with Crippen molar-refractivity contribution in [3.05, 3.63) is 52.9 Å². The molecule has 0 spiro atoms. The zero-order chi connectivity index (χ0) is 21.3. The topological polar surface area (TPSA) is 46.6 Å². The van der Waals surface area contributed by atoms with Crippen LogP contribution in [0.3, 0.4) is 0 Å². The number of nitrogens with one attached hydrogen (secondary N) is 1. The van der Waals surface area contributed by atoms with Crippen LogP contribution in [0.15, 0.2) is 41.8 Å².